The summed E-state index contributed by atoms with van der Waals surface area (Å²) in [6.45, 7) is 7.92. The highest BCUT2D eigenvalue weighted by molar-refractivity contribution is 7.99. The van der Waals surface area contributed by atoms with Crippen molar-refractivity contribution in [2.45, 2.75) is 38.6 Å². The Hall–Kier alpha value is -0.810. The first-order valence-electron chi connectivity index (χ1n) is 6.39. The van der Waals surface area contributed by atoms with Gasteiger partial charge in [0.05, 0.1) is 0 Å². The first-order chi connectivity index (χ1) is 8.69. The van der Waals surface area contributed by atoms with E-state index in [9.17, 15) is 0 Å². The van der Waals surface area contributed by atoms with Gasteiger partial charge in [0.2, 0.25) is 0 Å². The van der Waals surface area contributed by atoms with Crippen molar-refractivity contribution in [3.63, 3.8) is 0 Å². The van der Waals surface area contributed by atoms with Crippen molar-refractivity contribution in [1.29, 1.82) is 0 Å². The van der Waals surface area contributed by atoms with E-state index in [-0.39, 0.29) is 0 Å². The van der Waals surface area contributed by atoms with Crippen molar-refractivity contribution in [3.05, 3.63) is 11.4 Å². The molecule has 0 aliphatic carbocycles. The first kappa shape index (κ1) is 15.2. The molecule has 5 heteroatoms. The molecule has 1 rings (SSSR count). The molecule has 18 heavy (non-hydrogen) atoms. The van der Waals surface area contributed by atoms with Gasteiger partial charge < -0.3 is 10.1 Å². The molecular formula is C13H23N3OS. The molecule has 0 fully saturated rings. The number of nitrogens with zero attached hydrogens (tertiary/aromatic N) is 2. The van der Waals surface area contributed by atoms with Crippen molar-refractivity contribution in [1.82, 2.24) is 9.97 Å². The van der Waals surface area contributed by atoms with Gasteiger partial charge in [0.1, 0.15) is 16.7 Å². The van der Waals surface area contributed by atoms with Gasteiger partial charge in [-0.15, -0.1) is 11.8 Å². The van der Waals surface area contributed by atoms with Crippen LogP contribution in [0.5, 0.6) is 0 Å². The summed E-state index contributed by atoms with van der Waals surface area (Å²) < 4.78 is 5.05. The van der Waals surface area contributed by atoms with E-state index >= 15 is 0 Å². The summed E-state index contributed by atoms with van der Waals surface area (Å²) in [5, 5.41) is 4.44. The number of thioether (sulfide) groups is 1. The van der Waals surface area contributed by atoms with E-state index in [0.29, 0.717) is 0 Å². The monoisotopic (exact) mass is 269 g/mol. The number of hydrogen-bond acceptors (Lipinski definition) is 5. The minimum atomic E-state index is 0.803. The molecule has 1 aromatic heterocycles. The summed E-state index contributed by atoms with van der Waals surface area (Å²) in [4.78, 5) is 8.97. The summed E-state index contributed by atoms with van der Waals surface area (Å²) >= 11 is 1.78. The van der Waals surface area contributed by atoms with Crippen LogP contribution in [0.2, 0.25) is 0 Å². The van der Waals surface area contributed by atoms with E-state index in [1.54, 1.807) is 18.9 Å². The lowest BCUT2D eigenvalue weighted by Gasteiger charge is -2.12. The normalized spacial score (nSPS) is 10.7. The number of rotatable bonds is 8. The molecule has 0 aliphatic heterocycles. The number of aryl methyl sites for hydroxylation is 1. The predicted molar refractivity (Wildman–Crippen MR) is 77.5 cm³/mol. The van der Waals surface area contributed by atoms with Gasteiger partial charge in [-0.3, -0.25) is 0 Å². The highest BCUT2D eigenvalue weighted by atomic mass is 32.2. The van der Waals surface area contributed by atoms with Gasteiger partial charge in [0.25, 0.3) is 0 Å². The fraction of sp³-hybridized carbons (Fsp3) is 0.692. The maximum absolute atomic E-state index is 5.05. The lowest BCUT2D eigenvalue weighted by Crippen LogP contribution is -2.07. The third-order valence-electron chi connectivity index (χ3n) is 2.49. The summed E-state index contributed by atoms with van der Waals surface area (Å²) in [5.41, 5.74) is 1.15. The van der Waals surface area contributed by atoms with Crippen LogP contribution in [-0.2, 0) is 4.74 Å². The Balaban J connectivity index is 2.68. The molecule has 1 N–H and O–H groups in total. The second-order valence-electron chi connectivity index (χ2n) is 4.17. The van der Waals surface area contributed by atoms with Crippen molar-refractivity contribution in [2.75, 3.05) is 31.3 Å². The molecule has 102 valence electrons. The van der Waals surface area contributed by atoms with E-state index in [1.165, 1.54) is 0 Å². The van der Waals surface area contributed by atoms with E-state index in [4.69, 9.17) is 4.74 Å². The Kier molecular flexibility index (Phi) is 7.05. The standard InChI is InChI=1S/C13H23N3OS/c1-5-7-14-12-10(2)13(16-11(3)15-12)18-9-6-8-17-4/h5-9H2,1-4H3,(H,14,15,16). The molecular weight excluding hydrogens is 246 g/mol. The molecule has 0 aliphatic rings. The van der Waals surface area contributed by atoms with Crippen LogP contribution in [0.3, 0.4) is 0 Å². The zero-order chi connectivity index (χ0) is 13.4. The van der Waals surface area contributed by atoms with Crippen LogP contribution < -0.4 is 5.32 Å². The molecule has 0 aromatic carbocycles. The topological polar surface area (TPSA) is 47.0 Å². The number of aromatic nitrogens is 2. The van der Waals surface area contributed by atoms with Crippen LogP contribution in [0.4, 0.5) is 5.82 Å². The van der Waals surface area contributed by atoms with E-state index in [2.05, 4.69) is 29.1 Å². The van der Waals surface area contributed by atoms with Crippen LogP contribution in [0.15, 0.2) is 5.03 Å². The average molecular weight is 269 g/mol. The molecule has 0 amide bonds. The molecule has 0 saturated carbocycles. The smallest absolute Gasteiger partial charge is 0.133 e. The Morgan fingerprint density at radius 3 is 2.72 bits per heavy atom. The van der Waals surface area contributed by atoms with Gasteiger partial charge in [0, 0.05) is 31.6 Å². The van der Waals surface area contributed by atoms with Gasteiger partial charge in [-0.05, 0) is 26.7 Å². The average Bonchev–Trinajstić information content (AvgIpc) is 2.36. The maximum atomic E-state index is 5.05. The highest BCUT2D eigenvalue weighted by Gasteiger charge is 2.09. The Morgan fingerprint density at radius 1 is 1.28 bits per heavy atom. The van der Waals surface area contributed by atoms with E-state index in [0.717, 1.165) is 54.0 Å². The number of nitrogens with one attached hydrogen (secondary N) is 1. The first-order valence-corrected chi connectivity index (χ1v) is 7.38. The summed E-state index contributed by atoms with van der Waals surface area (Å²) in [6, 6.07) is 0. The minimum Gasteiger partial charge on any atom is -0.385 e. The van der Waals surface area contributed by atoms with E-state index in [1.807, 2.05) is 6.92 Å². The lowest BCUT2D eigenvalue weighted by atomic mass is 10.3. The second-order valence-corrected chi connectivity index (χ2v) is 5.25. The zero-order valence-corrected chi connectivity index (χ0v) is 12.6. The van der Waals surface area contributed by atoms with Crippen LogP contribution in [0, 0.1) is 13.8 Å². The largest absolute Gasteiger partial charge is 0.385 e. The Labute approximate surface area is 114 Å². The lowest BCUT2D eigenvalue weighted by molar-refractivity contribution is 0.200. The SMILES string of the molecule is CCCNc1nc(C)nc(SCCCOC)c1C. The van der Waals surface area contributed by atoms with Crippen molar-refractivity contribution in [2.24, 2.45) is 0 Å². The second kappa shape index (κ2) is 8.32. The number of methoxy groups -OCH3 is 1. The third-order valence-corrected chi connectivity index (χ3v) is 3.65. The fourth-order valence-electron chi connectivity index (χ4n) is 1.53. The van der Waals surface area contributed by atoms with Crippen LogP contribution in [0.1, 0.15) is 31.2 Å². The summed E-state index contributed by atoms with van der Waals surface area (Å²) in [6.07, 6.45) is 2.14. The number of hydrogen-bond donors (Lipinski definition) is 1. The van der Waals surface area contributed by atoms with Crippen LogP contribution in [0.25, 0.3) is 0 Å². The Bertz CT molecular complexity index is 371. The number of ether oxygens (including phenoxy) is 1. The molecule has 0 saturated heterocycles. The third kappa shape index (κ3) is 4.82. The zero-order valence-electron chi connectivity index (χ0n) is 11.7. The van der Waals surface area contributed by atoms with Gasteiger partial charge in [0.15, 0.2) is 0 Å². The molecule has 0 atom stereocenters. The molecule has 0 unspecified atom stereocenters. The molecule has 1 heterocycles. The van der Waals surface area contributed by atoms with Gasteiger partial charge in [-0.25, -0.2) is 9.97 Å². The van der Waals surface area contributed by atoms with Crippen molar-refractivity contribution >= 4 is 17.6 Å². The molecule has 0 bridgehead atoms. The summed E-state index contributed by atoms with van der Waals surface area (Å²) in [7, 11) is 1.73. The fourth-order valence-corrected chi connectivity index (χ4v) is 2.50. The molecule has 0 spiro atoms. The maximum Gasteiger partial charge on any atom is 0.133 e. The molecule has 0 radical (unpaired) electrons. The predicted octanol–water partition coefficient (Wildman–Crippen LogP) is 3.04. The quantitative estimate of drug-likeness (QED) is 0.446. The summed E-state index contributed by atoms with van der Waals surface area (Å²) in [5.74, 6) is 2.82. The molecule has 4 nitrogen and oxygen atoms in total. The van der Waals surface area contributed by atoms with Crippen LogP contribution >= 0.6 is 11.8 Å². The van der Waals surface area contributed by atoms with E-state index < -0.39 is 0 Å². The van der Waals surface area contributed by atoms with Crippen molar-refractivity contribution < 1.29 is 4.74 Å². The van der Waals surface area contributed by atoms with Gasteiger partial charge in [-0.2, -0.15) is 0 Å². The Morgan fingerprint density at radius 2 is 2.06 bits per heavy atom. The van der Waals surface area contributed by atoms with Crippen LogP contribution in [-0.4, -0.2) is 36.0 Å². The number of anilines is 1. The van der Waals surface area contributed by atoms with Gasteiger partial charge in [-0.1, -0.05) is 6.92 Å². The molecule has 1 aromatic rings. The van der Waals surface area contributed by atoms with Gasteiger partial charge >= 0.3 is 0 Å². The van der Waals surface area contributed by atoms with Crippen molar-refractivity contribution in [3.8, 4) is 0 Å². The highest BCUT2D eigenvalue weighted by Crippen LogP contribution is 2.25. The minimum absolute atomic E-state index is 0.803.